The van der Waals surface area contributed by atoms with Gasteiger partial charge in [-0.05, 0) is 25.0 Å². The smallest absolute Gasteiger partial charge is 0.122 e. The number of benzene rings is 1. The van der Waals surface area contributed by atoms with Crippen molar-refractivity contribution >= 4 is 11.8 Å². The van der Waals surface area contributed by atoms with Crippen LogP contribution in [0.25, 0.3) is 0 Å². The maximum atomic E-state index is 6.18. The summed E-state index contributed by atoms with van der Waals surface area (Å²) in [5, 5.41) is 1.33. The summed E-state index contributed by atoms with van der Waals surface area (Å²) in [5.74, 6) is 0.963. The zero-order valence-electron chi connectivity index (χ0n) is 13.6. The molecule has 1 aromatic rings. The largest absolute Gasteiger partial charge is 0.496 e. The Balaban J connectivity index is 2.20. The first kappa shape index (κ1) is 16.7. The molecule has 0 spiro atoms. The minimum absolute atomic E-state index is 0.0157. The molecule has 0 saturated carbocycles. The van der Waals surface area contributed by atoms with E-state index >= 15 is 0 Å². The van der Waals surface area contributed by atoms with Crippen LogP contribution >= 0.6 is 11.8 Å². The van der Waals surface area contributed by atoms with Crippen molar-refractivity contribution in [2.24, 2.45) is 5.73 Å². The Hall–Kier alpha value is -0.710. The van der Waals surface area contributed by atoms with E-state index in [0.717, 1.165) is 25.3 Å². The second kappa shape index (κ2) is 7.03. The monoisotopic (exact) mass is 308 g/mol. The summed E-state index contributed by atoms with van der Waals surface area (Å²) in [4.78, 5) is 2.57. The maximum Gasteiger partial charge on any atom is 0.122 e. The average molecular weight is 308 g/mol. The molecule has 3 nitrogen and oxygen atoms in total. The SMILES string of the molecule is COc1ccccc1CC(C)(CN)N1CC(C)SC(C)C1. The lowest BCUT2D eigenvalue weighted by atomic mass is 9.89. The summed E-state index contributed by atoms with van der Waals surface area (Å²) in [5.41, 5.74) is 7.41. The molecule has 0 bridgehead atoms. The van der Waals surface area contributed by atoms with Crippen LogP contribution in [0.2, 0.25) is 0 Å². The van der Waals surface area contributed by atoms with Crippen molar-refractivity contribution in [3.05, 3.63) is 29.8 Å². The fourth-order valence-electron chi connectivity index (χ4n) is 3.19. The first-order valence-electron chi connectivity index (χ1n) is 7.71. The highest BCUT2D eigenvalue weighted by molar-refractivity contribution is 8.00. The molecule has 118 valence electrons. The van der Waals surface area contributed by atoms with Gasteiger partial charge in [0.15, 0.2) is 0 Å². The van der Waals surface area contributed by atoms with Gasteiger partial charge in [-0.15, -0.1) is 0 Å². The zero-order chi connectivity index (χ0) is 15.5. The van der Waals surface area contributed by atoms with Gasteiger partial charge in [0.25, 0.3) is 0 Å². The topological polar surface area (TPSA) is 38.5 Å². The number of thioether (sulfide) groups is 1. The Morgan fingerprint density at radius 3 is 2.48 bits per heavy atom. The quantitative estimate of drug-likeness (QED) is 0.908. The first-order chi connectivity index (χ1) is 9.98. The van der Waals surface area contributed by atoms with Crippen LogP contribution in [-0.2, 0) is 6.42 Å². The molecule has 1 aliphatic heterocycles. The summed E-state index contributed by atoms with van der Waals surface area (Å²) in [6, 6.07) is 8.28. The fraction of sp³-hybridized carbons (Fsp3) is 0.647. The van der Waals surface area contributed by atoms with Crippen LogP contribution in [0.15, 0.2) is 24.3 Å². The number of hydrogen-bond acceptors (Lipinski definition) is 4. The van der Waals surface area contributed by atoms with Crippen molar-refractivity contribution in [2.75, 3.05) is 26.7 Å². The van der Waals surface area contributed by atoms with E-state index in [0.29, 0.717) is 17.0 Å². The molecule has 2 N–H and O–H groups in total. The van der Waals surface area contributed by atoms with Crippen molar-refractivity contribution in [1.82, 2.24) is 4.90 Å². The number of para-hydroxylation sites is 1. The molecule has 1 saturated heterocycles. The molecule has 21 heavy (non-hydrogen) atoms. The van der Waals surface area contributed by atoms with Crippen molar-refractivity contribution in [3.8, 4) is 5.75 Å². The lowest BCUT2D eigenvalue weighted by Crippen LogP contribution is -2.58. The van der Waals surface area contributed by atoms with E-state index in [2.05, 4.69) is 49.6 Å². The Bertz CT molecular complexity index is 458. The standard InChI is InChI=1S/C17H28N2OS/c1-13-10-19(11-14(2)21-13)17(3,12-18)9-15-7-5-6-8-16(15)20-4/h5-8,13-14H,9-12,18H2,1-4H3. The van der Waals surface area contributed by atoms with Crippen LogP contribution in [-0.4, -0.2) is 47.7 Å². The van der Waals surface area contributed by atoms with E-state index in [4.69, 9.17) is 10.5 Å². The Morgan fingerprint density at radius 1 is 1.29 bits per heavy atom. The van der Waals surface area contributed by atoms with E-state index in [1.807, 2.05) is 12.1 Å². The van der Waals surface area contributed by atoms with E-state index < -0.39 is 0 Å². The lowest BCUT2D eigenvalue weighted by molar-refractivity contribution is 0.107. The fourth-order valence-corrected chi connectivity index (χ4v) is 4.52. The van der Waals surface area contributed by atoms with Crippen molar-refractivity contribution in [1.29, 1.82) is 0 Å². The molecule has 2 rings (SSSR count). The molecule has 0 aliphatic carbocycles. The second-order valence-electron chi connectivity index (χ2n) is 6.35. The van der Waals surface area contributed by atoms with Crippen LogP contribution in [0, 0.1) is 0 Å². The Morgan fingerprint density at radius 2 is 1.90 bits per heavy atom. The van der Waals surface area contributed by atoms with Gasteiger partial charge >= 0.3 is 0 Å². The molecule has 1 aromatic carbocycles. The van der Waals surface area contributed by atoms with Gasteiger partial charge < -0.3 is 10.5 Å². The van der Waals surface area contributed by atoms with Crippen molar-refractivity contribution in [2.45, 2.75) is 43.2 Å². The molecule has 1 fully saturated rings. The predicted octanol–water partition coefficient (Wildman–Crippen LogP) is 2.78. The van der Waals surface area contributed by atoms with Crippen molar-refractivity contribution in [3.63, 3.8) is 0 Å². The number of methoxy groups -OCH3 is 1. The zero-order valence-corrected chi connectivity index (χ0v) is 14.5. The van der Waals surface area contributed by atoms with E-state index in [-0.39, 0.29) is 5.54 Å². The molecular formula is C17H28N2OS. The van der Waals surface area contributed by atoms with E-state index in [1.54, 1.807) is 7.11 Å². The summed E-state index contributed by atoms with van der Waals surface area (Å²) in [6.45, 7) is 9.79. The molecule has 1 heterocycles. The summed E-state index contributed by atoms with van der Waals surface area (Å²) in [7, 11) is 1.74. The summed E-state index contributed by atoms with van der Waals surface area (Å²) >= 11 is 2.08. The Kier molecular flexibility index (Phi) is 5.58. The lowest BCUT2D eigenvalue weighted by Gasteiger charge is -2.46. The number of ether oxygens (including phenoxy) is 1. The molecule has 0 amide bonds. The van der Waals surface area contributed by atoms with Crippen LogP contribution in [0.4, 0.5) is 0 Å². The van der Waals surface area contributed by atoms with Crippen molar-refractivity contribution < 1.29 is 4.74 Å². The molecule has 3 atom stereocenters. The third-order valence-electron chi connectivity index (χ3n) is 4.39. The average Bonchev–Trinajstić information content (AvgIpc) is 2.46. The highest BCUT2D eigenvalue weighted by Gasteiger charge is 2.36. The normalized spacial score (nSPS) is 26.3. The van der Waals surface area contributed by atoms with Crippen LogP contribution < -0.4 is 10.5 Å². The number of rotatable bonds is 5. The Labute approximate surface area is 133 Å². The first-order valence-corrected chi connectivity index (χ1v) is 8.65. The number of nitrogens with zero attached hydrogens (tertiary/aromatic N) is 1. The molecule has 3 unspecified atom stereocenters. The van der Waals surface area contributed by atoms with Gasteiger partial charge in [0.2, 0.25) is 0 Å². The van der Waals surface area contributed by atoms with Gasteiger partial charge in [-0.25, -0.2) is 0 Å². The number of hydrogen-bond donors (Lipinski definition) is 1. The molecule has 0 aromatic heterocycles. The summed E-state index contributed by atoms with van der Waals surface area (Å²) in [6.07, 6.45) is 0.928. The van der Waals surface area contributed by atoms with Gasteiger partial charge in [0.1, 0.15) is 5.75 Å². The van der Waals surface area contributed by atoms with E-state index in [9.17, 15) is 0 Å². The maximum absolute atomic E-state index is 6.18. The number of nitrogens with two attached hydrogens (primary N) is 1. The molecular weight excluding hydrogens is 280 g/mol. The van der Waals surface area contributed by atoms with Gasteiger partial charge in [-0.3, -0.25) is 4.90 Å². The van der Waals surface area contributed by atoms with Crippen LogP contribution in [0.1, 0.15) is 26.3 Å². The molecule has 4 heteroatoms. The molecule has 0 radical (unpaired) electrons. The second-order valence-corrected chi connectivity index (χ2v) is 8.23. The highest BCUT2D eigenvalue weighted by atomic mass is 32.2. The van der Waals surface area contributed by atoms with Gasteiger partial charge in [0, 0.05) is 35.7 Å². The van der Waals surface area contributed by atoms with E-state index in [1.165, 1.54) is 5.56 Å². The highest BCUT2D eigenvalue weighted by Crippen LogP contribution is 2.32. The molecule has 1 aliphatic rings. The minimum Gasteiger partial charge on any atom is -0.496 e. The van der Waals surface area contributed by atoms with Crippen LogP contribution in [0.3, 0.4) is 0 Å². The van der Waals surface area contributed by atoms with Gasteiger partial charge in [0.05, 0.1) is 7.11 Å². The van der Waals surface area contributed by atoms with Gasteiger partial charge in [-0.1, -0.05) is 32.0 Å². The predicted molar refractivity (Wildman–Crippen MR) is 92.2 cm³/mol. The summed E-state index contributed by atoms with van der Waals surface area (Å²) < 4.78 is 5.50. The van der Waals surface area contributed by atoms with Crippen LogP contribution in [0.5, 0.6) is 5.75 Å². The van der Waals surface area contributed by atoms with Gasteiger partial charge in [-0.2, -0.15) is 11.8 Å². The third kappa shape index (κ3) is 3.93. The third-order valence-corrected chi connectivity index (χ3v) is 5.61. The minimum atomic E-state index is -0.0157.